The third-order valence-corrected chi connectivity index (χ3v) is 3.15. The molecule has 5 heteroatoms. The number of aromatic nitrogens is 2. The number of nitrogens with zero attached hydrogens (tertiary/aromatic N) is 2. The normalized spacial score (nSPS) is 10.6. The van der Waals surface area contributed by atoms with Crippen LogP contribution >= 0.6 is 0 Å². The van der Waals surface area contributed by atoms with Crippen LogP contribution in [0.3, 0.4) is 0 Å². The maximum Gasteiger partial charge on any atom is 0.257 e. The quantitative estimate of drug-likeness (QED) is 0.871. The molecule has 0 saturated carbocycles. The maximum atomic E-state index is 12.4. The van der Waals surface area contributed by atoms with Gasteiger partial charge in [0.2, 0.25) is 0 Å². The Balaban J connectivity index is 2.18. The Labute approximate surface area is 119 Å². The van der Waals surface area contributed by atoms with E-state index >= 15 is 0 Å². The number of anilines is 1. The highest BCUT2D eigenvalue weighted by atomic mass is 16.1. The van der Waals surface area contributed by atoms with Gasteiger partial charge in [0.15, 0.2) is 0 Å². The second-order valence-electron chi connectivity index (χ2n) is 4.76. The standard InChI is InChI=1S/C15H20N4O/c1-11-10-14(19(3)18-11)17-15(20)13-7-5-4-6-12(13)8-9-16-2/h4-7,10,16H,8-9H2,1-3H3,(H,17,20). The predicted molar refractivity (Wildman–Crippen MR) is 80.0 cm³/mol. The van der Waals surface area contributed by atoms with E-state index in [-0.39, 0.29) is 5.91 Å². The Morgan fingerprint density at radius 2 is 2.10 bits per heavy atom. The Morgan fingerprint density at radius 3 is 2.75 bits per heavy atom. The van der Waals surface area contributed by atoms with Gasteiger partial charge in [-0.05, 0) is 38.6 Å². The summed E-state index contributed by atoms with van der Waals surface area (Å²) in [5.41, 5.74) is 2.63. The van der Waals surface area contributed by atoms with Crippen molar-refractivity contribution in [1.29, 1.82) is 0 Å². The van der Waals surface area contributed by atoms with Gasteiger partial charge in [-0.1, -0.05) is 18.2 Å². The molecule has 0 aliphatic rings. The summed E-state index contributed by atoms with van der Waals surface area (Å²) in [6, 6.07) is 9.53. The van der Waals surface area contributed by atoms with Crippen LogP contribution in [-0.2, 0) is 13.5 Å². The van der Waals surface area contributed by atoms with Gasteiger partial charge in [-0.15, -0.1) is 0 Å². The summed E-state index contributed by atoms with van der Waals surface area (Å²) in [6.45, 7) is 2.74. The minimum absolute atomic E-state index is 0.0975. The highest BCUT2D eigenvalue weighted by Crippen LogP contribution is 2.14. The number of rotatable bonds is 5. The summed E-state index contributed by atoms with van der Waals surface area (Å²) in [6.07, 6.45) is 0.824. The zero-order valence-corrected chi connectivity index (χ0v) is 12.1. The SMILES string of the molecule is CNCCc1ccccc1C(=O)Nc1cc(C)nn1C. The molecule has 2 N–H and O–H groups in total. The summed E-state index contributed by atoms with van der Waals surface area (Å²) in [5.74, 6) is 0.607. The number of carbonyl (C=O) groups excluding carboxylic acids is 1. The van der Waals surface area contributed by atoms with Crippen LogP contribution in [0.2, 0.25) is 0 Å². The van der Waals surface area contributed by atoms with Gasteiger partial charge in [0, 0.05) is 18.7 Å². The van der Waals surface area contributed by atoms with E-state index in [0.29, 0.717) is 11.4 Å². The van der Waals surface area contributed by atoms with Crippen LogP contribution in [0.4, 0.5) is 5.82 Å². The van der Waals surface area contributed by atoms with Crippen LogP contribution in [0.15, 0.2) is 30.3 Å². The van der Waals surface area contributed by atoms with Crippen molar-refractivity contribution in [2.24, 2.45) is 7.05 Å². The maximum absolute atomic E-state index is 12.4. The molecule has 0 atom stereocenters. The van der Waals surface area contributed by atoms with Gasteiger partial charge < -0.3 is 10.6 Å². The number of aryl methyl sites for hydroxylation is 2. The lowest BCUT2D eigenvalue weighted by molar-refractivity contribution is 0.102. The van der Waals surface area contributed by atoms with Crippen LogP contribution < -0.4 is 10.6 Å². The highest BCUT2D eigenvalue weighted by molar-refractivity contribution is 6.04. The Morgan fingerprint density at radius 1 is 1.35 bits per heavy atom. The van der Waals surface area contributed by atoms with Crippen molar-refractivity contribution in [3.05, 3.63) is 47.2 Å². The fourth-order valence-corrected chi connectivity index (χ4v) is 2.13. The molecule has 0 unspecified atom stereocenters. The monoisotopic (exact) mass is 272 g/mol. The van der Waals surface area contributed by atoms with Crippen LogP contribution in [0.1, 0.15) is 21.6 Å². The second kappa shape index (κ2) is 6.34. The van der Waals surface area contributed by atoms with Crippen molar-refractivity contribution in [1.82, 2.24) is 15.1 Å². The summed E-state index contributed by atoms with van der Waals surface area (Å²) in [7, 11) is 3.72. The van der Waals surface area contributed by atoms with E-state index in [1.807, 2.05) is 51.4 Å². The van der Waals surface area contributed by atoms with E-state index in [0.717, 1.165) is 24.2 Å². The molecule has 1 amide bonds. The van der Waals surface area contributed by atoms with Gasteiger partial charge in [-0.25, -0.2) is 0 Å². The predicted octanol–water partition coefficient (Wildman–Crippen LogP) is 1.74. The largest absolute Gasteiger partial charge is 0.319 e. The molecule has 20 heavy (non-hydrogen) atoms. The van der Waals surface area contributed by atoms with Crippen molar-refractivity contribution < 1.29 is 4.79 Å². The Bertz CT molecular complexity index is 604. The van der Waals surface area contributed by atoms with Gasteiger partial charge in [-0.2, -0.15) is 5.10 Å². The number of likely N-dealkylation sites (N-methyl/N-ethyl adjacent to an activating group) is 1. The summed E-state index contributed by atoms with van der Waals surface area (Å²) in [5, 5.41) is 10.2. The molecule has 1 aromatic carbocycles. The third kappa shape index (κ3) is 3.24. The van der Waals surface area contributed by atoms with Gasteiger partial charge in [0.05, 0.1) is 5.69 Å². The lowest BCUT2D eigenvalue weighted by atomic mass is 10.0. The lowest BCUT2D eigenvalue weighted by Gasteiger charge is -2.10. The Hall–Kier alpha value is -2.14. The topological polar surface area (TPSA) is 59.0 Å². The van der Waals surface area contributed by atoms with Crippen molar-refractivity contribution in [2.75, 3.05) is 18.9 Å². The molecule has 1 heterocycles. The van der Waals surface area contributed by atoms with Gasteiger partial charge >= 0.3 is 0 Å². The first-order valence-corrected chi connectivity index (χ1v) is 6.66. The summed E-state index contributed by atoms with van der Waals surface area (Å²) >= 11 is 0. The summed E-state index contributed by atoms with van der Waals surface area (Å²) in [4.78, 5) is 12.4. The van der Waals surface area contributed by atoms with E-state index in [2.05, 4.69) is 15.7 Å². The molecular formula is C15H20N4O. The zero-order valence-electron chi connectivity index (χ0n) is 12.1. The van der Waals surface area contributed by atoms with E-state index in [9.17, 15) is 4.79 Å². The van der Waals surface area contributed by atoms with E-state index in [1.54, 1.807) is 4.68 Å². The first-order valence-electron chi connectivity index (χ1n) is 6.66. The molecule has 0 fully saturated rings. The second-order valence-corrected chi connectivity index (χ2v) is 4.76. The fourth-order valence-electron chi connectivity index (χ4n) is 2.13. The van der Waals surface area contributed by atoms with Crippen molar-refractivity contribution >= 4 is 11.7 Å². The van der Waals surface area contributed by atoms with Crippen LogP contribution in [0.5, 0.6) is 0 Å². The van der Waals surface area contributed by atoms with Crippen molar-refractivity contribution in [3.8, 4) is 0 Å². The van der Waals surface area contributed by atoms with Crippen LogP contribution in [-0.4, -0.2) is 29.3 Å². The number of hydrogen-bond donors (Lipinski definition) is 2. The van der Waals surface area contributed by atoms with Crippen LogP contribution in [0, 0.1) is 6.92 Å². The average molecular weight is 272 g/mol. The molecule has 0 aliphatic carbocycles. The molecule has 2 aromatic rings. The van der Waals surface area contributed by atoms with Crippen molar-refractivity contribution in [2.45, 2.75) is 13.3 Å². The highest BCUT2D eigenvalue weighted by Gasteiger charge is 2.12. The number of carbonyl (C=O) groups is 1. The third-order valence-electron chi connectivity index (χ3n) is 3.15. The molecule has 0 spiro atoms. The zero-order chi connectivity index (χ0) is 14.5. The molecular weight excluding hydrogens is 252 g/mol. The number of benzene rings is 1. The van der Waals surface area contributed by atoms with E-state index in [1.165, 1.54) is 0 Å². The molecule has 2 rings (SSSR count). The van der Waals surface area contributed by atoms with Gasteiger partial charge in [0.25, 0.3) is 5.91 Å². The van der Waals surface area contributed by atoms with E-state index < -0.39 is 0 Å². The molecule has 0 bridgehead atoms. The average Bonchev–Trinajstić information content (AvgIpc) is 2.75. The minimum atomic E-state index is -0.0975. The number of nitrogens with one attached hydrogen (secondary N) is 2. The number of amides is 1. The fraction of sp³-hybridized carbons (Fsp3) is 0.333. The molecule has 0 aliphatic heterocycles. The molecule has 106 valence electrons. The molecule has 1 aromatic heterocycles. The molecule has 5 nitrogen and oxygen atoms in total. The summed E-state index contributed by atoms with van der Waals surface area (Å²) < 4.78 is 1.67. The Kier molecular flexibility index (Phi) is 4.53. The van der Waals surface area contributed by atoms with Gasteiger partial charge in [0.1, 0.15) is 5.82 Å². The van der Waals surface area contributed by atoms with Crippen molar-refractivity contribution in [3.63, 3.8) is 0 Å². The molecule has 0 radical (unpaired) electrons. The van der Waals surface area contributed by atoms with E-state index in [4.69, 9.17) is 0 Å². The minimum Gasteiger partial charge on any atom is -0.319 e. The van der Waals surface area contributed by atoms with Crippen LogP contribution in [0.25, 0.3) is 0 Å². The lowest BCUT2D eigenvalue weighted by Crippen LogP contribution is -2.18. The van der Waals surface area contributed by atoms with Gasteiger partial charge in [-0.3, -0.25) is 9.48 Å². The first kappa shape index (κ1) is 14.3. The smallest absolute Gasteiger partial charge is 0.257 e. The molecule has 0 saturated heterocycles. The number of hydrogen-bond acceptors (Lipinski definition) is 3. The first-order chi connectivity index (χ1) is 9.61.